The molecule has 0 spiro atoms. The van der Waals surface area contributed by atoms with Crippen molar-refractivity contribution in [2.75, 3.05) is 11.0 Å². The van der Waals surface area contributed by atoms with Gasteiger partial charge in [-0.05, 0) is 31.1 Å². The number of alkyl halides is 1. The van der Waals surface area contributed by atoms with Crippen molar-refractivity contribution < 1.29 is 4.74 Å². The average Bonchev–Trinajstić information content (AvgIpc) is 2.69. The van der Waals surface area contributed by atoms with Crippen molar-refractivity contribution in [3.05, 3.63) is 0 Å². The summed E-state index contributed by atoms with van der Waals surface area (Å²) in [4.78, 5) is 0. The van der Waals surface area contributed by atoms with Crippen molar-refractivity contribution in [2.24, 2.45) is 11.8 Å². The number of hydrogen-bond acceptors (Lipinski definition) is 1. The molecule has 1 aliphatic heterocycles. The minimum atomic E-state index is 0.598. The van der Waals surface area contributed by atoms with Crippen LogP contribution in [0.25, 0.3) is 0 Å². The topological polar surface area (TPSA) is 9.23 Å². The summed E-state index contributed by atoms with van der Waals surface area (Å²) in [5.41, 5.74) is 0. The number of fused-ring (bicyclic) bond motifs is 1. The molecule has 2 rings (SSSR count). The van der Waals surface area contributed by atoms with Crippen LogP contribution < -0.4 is 0 Å². The Morgan fingerprint density at radius 3 is 3.09 bits per heavy atom. The van der Waals surface area contributed by atoms with Crippen LogP contribution in [0.2, 0.25) is 0 Å². The predicted molar refractivity (Wildman–Crippen MR) is 54.1 cm³/mol. The Morgan fingerprint density at radius 2 is 2.27 bits per heavy atom. The van der Waals surface area contributed by atoms with Crippen molar-refractivity contribution in [3.63, 3.8) is 0 Å². The van der Waals surface area contributed by atoms with Crippen molar-refractivity contribution in [2.45, 2.75) is 31.8 Å². The van der Waals surface area contributed by atoms with E-state index in [4.69, 9.17) is 4.74 Å². The van der Waals surface area contributed by atoms with Crippen LogP contribution in [-0.2, 0) is 4.74 Å². The van der Waals surface area contributed by atoms with Gasteiger partial charge in [-0.2, -0.15) is 0 Å². The first-order valence-electron chi connectivity index (χ1n) is 4.59. The smallest absolute Gasteiger partial charge is 0.0695 e. The Morgan fingerprint density at radius 1 is 1.36 bits per heavy atom. The van der Waals surface area contributed by atoms with Gasteiger partial charge in [0.25, 0.3) is 0 Å². The number of hydrogen-bond donors (Lipinski definition) is 0. The van der Waals surface area contributed by atoms with Crippen LogP contribution in [0, 0.1) is 11.8 Å². The van der Waals surface area contributed by atoms with E-state index in [1.165, 1.54) is 30.1 Å². The van der Waals surface area contributed by atoms with Gasteiger partial charge in [0.15, 0.2) is 0 Å². The molecule has 1 aliphatic carbocycles. The highest BCUT2D eigenvalue weighted by Crippen LogP contribution is 2.47. The molecule has 11 heavy (non-hydrogen) atoms. The average molecular weight is 266 g/mol. The van der Waals surface area contributed by atoms with Crippen molar-refractivity contribution in [3.8, 4) is 0 Å². The van der Waals surface area contributed by atoms with Gasteiger partial charge < -0.3 is 4.74 Å². The third kappa shape index (κ3) is 1.89. The van der Waals surface area contributed by atoms with Gasteiger partial charge in [0.05, 0.1) is 6.10 Å². The van der Waals surface area contributed by atoms with Gasteiger partial charge in [-0.25, -0.2) is 0 Å². The van der Waals surface area contributed by atoms with E-state index in [2.05, 4.69) is 22.6 Å². The predicted octanol–water partition coefficient (Wildman–Crippen LogP) is 2.63. The van der Waals surface area contributed by atoms with Crippen molar-refractivity contribution in [1.29, 1.82) is 0 Å². The largest absolute Gasteiger partial charge is 0.377 e. The molecule has 3 atom stereocenters. The Labute approximate surface area is 82.0 Å². The molecule has 0 amide bonds. The van der Waals surface area contributed by atoms with Gasteiger partial charge >= 0.3 is 0 Å². The van der Waals surface area contributed by atoms with Gasteiger partial charge in [-0.1, -0.05) is 29.0 Å². The molecule has 2 fully saturated rings. The summed E-state index contributed by atoms with van der Waals surface area (Å²) in [6, 6.07) is 0. The molecule has 2 heteroatoms. The van der Waals surface area contributed by atoms with Crippen LogP contribution >= 0.6 is 22.6 Å². The molecule has 0 N–H and O–H groups in total. The molecule has 2 aliphatic rings. The normalized spacial score (nSPS) is 43.9. The number of ether oxygens (including phenoxy) is 1. The second-order valence-electron chi connectivity index (χ2n) is 3.72. The van der Waals surface area contributed by atoms with E-state index >= 15 is 0 Å². The minimum Gasteiger partial charge on any atom is -0.377 e. The van der Waals surface area contributed by atoms with E-state index in [-0.39, 0.29) is 0 Å². The first kappa shape index (κ1) is 8.30. The third-order valence-corrected chi connectivity index (χ3v) is 3.78. The van der Waals surface area contributed by atoms with E-state index in [0.717, 1.165) is 18.4 Å². The van der Waals surface area contributed by atoms with E-state index in [1.54, 1.807) is 0 Å². The second-order valence-corrected chi connectivity index (χ2v) is 4.60. The fourth-order valence-corrected chi connectivity index (χ4v) is 2.99. The summed E-state index contributed by atoms with van der Waals surface area (Å²) >= 11 is 2.45. The highest BCUT2D eigenvalue weighted by Gasteiger charge is 2.42. The summed E-state index contributed by atoms with van der Waals surface area (Å²) in [6.45, 7) is 1.01. The molecular formula is C9H15IO. The summed E-state index contributed by atoms with van der Waals surface area (Å²) < 4.78 is 6.97. The Balaban J connectivity index is 1.88. The maximum absolute atomic E-state index is 5.78. The Kier molecular flexibility index (Phi) is 2.72. The molecule has 0 aromatic rings. The summed E-state index contributed by atoms with van der Waals surface area (Å²) in [5, 5.41) is 0. The number of rotatable bonds is 1. The maximum Gasteiger partial charge on any atom is 0.0695 e. The molecule has 1 saturated carbocycles. The second kappa shape index (κ2) is 3.60. The van der Waals surface area contributed by atoms with Gasteiger partial charge in [0.2, 0.25) is 0 Å². The quantitative estimate of drug-likeness (QED) is 0.523. The van der Waals surface area contributed by atoms with Crippen LogP contribution in [0.1, 0.15) is 25.7 Å². The lowest BCUT2D eigenvalue weighted by atomic mass is 10.1. The minimum absolute atomic E-state index is 0.598. The summed E-state index contributed by atoms with van der Waals surface area (Å²) in [5.74, 6) is 1.97. The van der Waals surface area contributed by atoms with Crippen molar-refractivity contribution in [1.82, 2.24) is 0 Å². The zero-order chi connectivity index (χ0) is 7.68. The number of halogens is 1. The highest BCUT2D eigenvalue weighted by molar-refractivity contribution is 14.1. The van der Waals surface area contributed by atoms with E-state index in [0.29, 0.717) is 6.10 Å². The first-order valence-corrected chi connectivity index (χ1v) is 6.12. The Bertz CT molecular complexity index is 138. The molecule has 0 aromatic heterocycles. The van der Waals surface area contributed by atoms with Gasteiger partial charge in [-0.15, -0.1) is 0 Å². The lowest BCUT2D eigenvalue weighted by molar-refractivity contribution is 0.0429. The molecule has 1 unspecified atom stereocenters. The fourth-order valence-electron chi connectivity index (χ4n) is 2.08. The van der Waals surface area contributed by atoms with Gasteiger partial charge in [0, 0.05) is 11.0 Å². The lowest BCUT2D eigenvalue weighted by Gasteiger charge is -2.17. The maximum atomic E-state index is 5.78. The molecule has 0 aromatic carbocycles. The van der Waals surface area contributed by atoms with Crippen LogP contribution in [-0.4, -0.2) is 17.1 Å². The van der Waals surface area contributed by atoms with Gasteiger partial charge in [0.1, 0.15) is 0 Å². The fraction of sp³-hybridized carbons (Fsp3) is 1.00. The van der Waals surface area contributed by atoms with Crippen LogP contribution in [0.3, 0.4) is 0 Å². The van der Waals surface area contributed by atoms with E-state index in [9.17, 15) is 0 Å². The molecule has 0 radical (unpaired) electrons. The van der Waals surface area contributed by atoms with Crippen LogP contribution in [0.4, 0.5) is 0 Å². The lowest BCUT2D eigenvalue weighted by Crippen LogP contribution is -2.20. The van der Waals surface area contributed by atoms with Crippen LogP contribution in [0.5, 0.6) is 0 Å². The zero-order valence-corrected chi connectivity index (χ0v) is 8.92. The molecule has 1 saturated heterocycles. The molecular weight excluding hydrogens is 251 g/mol. The highest BCUT2D eigenvalue weighted by atomic mass is 127. The Hall–Kier alpha value is 0.690. The first-order chi connectivity index (χ1) is 5.42. The van der Waals surface area contributed by atoms with Crippen LogP contribution in [0.15, 0.2) is 0 Å². The molecule has 1 heterocycles. The molecule has 0 bridgehead atoms. The standard InChI is InChI=1S/C9H15IO/c10-6-9-8-5-7(8)3-1-2-4-11-9/h7-9H,1-6H2/t7-,8+,9?/m0/s1. The molecule has 64 valence electrons. The van der Waals surface area contributed by atoms with Gasteiger partial charge in [-0.3, -0.25) is 0 Å². The van der Waals surface area contributed by atoms with Crippen molar-refractivity contribution >= 4 is 22.6 Å². The third-order valence-electron chi connectivity index (χ3n) is 2.91. The summed E-state index contributed by atoms with van der Waals surface area (Å²) in [6.07, 6.45) is 6.21. The molecule has 1 nitrogen and oxygen atoms in total. The monoisotopic (exact) mass is 266 g/mol. The van der Waals surface area contributed by atoms with E-state index in [1.807, 2.05) is 0 Å². The zero-order valence-electron chi connectivity index (χ0n) is 6.76. The summed E-state index contributed by atoms with van der Waals surface area (Å²) in [7, 11) is 0. The van der Waals surface area contributed by atoms with E-state index < -0.39 is 0 Å². The SMILES string of the molecule is ICC1OCCCC[C@H]2C[C@@H]12.